The molecule has 1 aromatic rings. The normalized spacial score (nSPS) is 35.2. The second-order valence-electron chi connectivity index (χ2n) is 10.9. The number of nitrogens with zero attached hydrogens (tertiary/aromatic N) is 2. The topological polar surface area (TPSA) is 81.1 Å². The molecule has 6 nitrogen and oxygen atoms in total. The fourth-order valence-electron chi connectivity index (χ4n) is 7.40. The van der Waals surface area contributed by atoms with Gasteiger partial charge in [-0.3, -0.25) is 4.79 Å². The maximum atomic E-state index is 13.0. The molecule has 2 unspecified atom stereocenters. The molecule has 4 saturated carbocycles. The number of anilines is 1. The molecule has 4 aliphatic carbocycles. The molecule has 0 radical (unpaired) electrons. The van der Waals surface area contributed by atoms with Crippen molar-refractivity contribution in [3.8, 4) is 0 Å². The number of carbonyl (C=O) groups excluding carboxylic acids is 1. The Bertz CT molecular complexity index is 917. The summed E-state index contributed by atoms with van der Waals surface area (Å²) in [7, 11) is 0. The number of likely N-dealkylation sites (tertiary alicyclic amines) is 1. The standard InChI is InChI=1S/C24H32F3N5O/c1-15(28)19-3-2-6-32(19)21(33)13-30-22-8-16-7-17(9-22)11-23(10-16,14-22)31-20-5-4-18(12-29-20)24(25,26)27/h4-5,12,16-17,19,28,30H,2-3,6-11,13-14H2,1H3,(H,29,31)/t16?,17?,19-,22?,23?/m0/s1. The maximum absolute atomic E-state index is 13.0. The van der Waals surface area contributed by atoms with Crippen LogP contribution in [0.5, 0.6) is 0 Å². The summed E-state index contributed by atoms with van der Waals surface area (Å²) in [6.07, 6.45) is 4.39. The van der Waals surface area contributed by atoms with Crippen LogP contribution >= 0.6 is 0 Å². The van der Waals surface area contributed by atoms with Crippen LogP contribution in [0.4, 0.5) is 19.0 Å². The van der Waals surface area contributed by atoms with E-state index in [1.807, 2.05) is 4.90 Å². The minimum Gasteiger partial charge on any atom is -0.365 e. The van der Waals surface area contributed by atoms with Crippen LogP contribution in [-0.4, -0.2) is 51.7 Å². The van der Waals surface area contributed by atoms with Crippen molar-refractivity contribution in [2.24, 2.45) is 11.8 Å². The Kier molecular flexibility index (Phi) is 5.46. The van der Waals surface area contributed by atoms with E-state index >= 15 is 0 Å². The number of alkyl halides is 3. The molecule has 2 heterocycles. The molecule has 3 N–H and O–H groups in total. The van der Waals surface area contributed by atoms with Crippen LogP contribution in [0.1, 0.15) is 63.9 Å². The van der Waals surface area contributed by atoms with Gasteiger partial charge in [-0.1, -0.05) is 0 Å². The second-order valence-corrected chi connectivity index (χ2v) is 10.9. The number of amides is 1. The Hall–Kier alpha value is -2.16. The van der Waals surface area contributed by atoms with Crippen molar-refractivity contribution in [3.05, 3.63) is 23.9 Å². The quantitative estimate of drug-likeness (QED) is 0.552. The highest BCUT2D eigenvalue weighted by atomic mass is 19.4. The summed E-state index contributed by atoms with van der Waals surface area (Å²) in [5.41, 5.74) is -0.527. The van der Waals surface area contributed by atoms with Gasteiger partial charge in [0.1, 0.15) is 5.82 Å². The highest BCUT2D eigenvalue weighted by Crippen LogP contribution is 2.58. The molecule has 1 amide bonds. The lowest BCUT2D eigenvalue weighted by atomic mass is 9.50. The van der Waals surface area contributed by atoms with Crippen molar-refractivity contribution < 1.29 is 18.0 Å². The van der Waals surface area contributed by atoms with E-state index in [9.17, 15) is 18.0 Å². The van der Waals surface area contributed by atoms with E-state index in [-0.39, 0.29) is 29.6 Å². The van der Waals surface area contributed by atoms with Crippen molar-refractivity contribution in [2.75, 3.05) is 18.4 Å². The Morgan fingerprint density at radius 3 is 2.52 bits per heavy atom. The van der Waals surface area contributed by atoms with Crippen LogP contribution in [0.3, 0.4) is 0 Å². The van der Waals surface area contributed by atoms with Crippen molar-refractivity contribution >= 4 is 17.4 Å². The van der Waals surface area contributed by atoms with Crippen LogP contribution in [0.15, 0.2) is 18.3 Å². The molecule has 6 rings (SSSR count). The van der Waals surface area contributed by atoms with Gasteiger partial charge in [0.25, 0.3) is 0 Å². The average Bonchev–Trinajstić information content (AvgIpc) is 3.21. The number of carbonyl (C=O) groups is 1. The maximum Gasteiger partial charge on any atom is 0.417 e. The lowest BCUT2D eigenvalue weighted by Gasteiger charge is -2.62. The molecule has 4 bridgehead atoms. The monoisotopic (exact) mass is 463 g/mol. The minimum atomic E-state index is -4.39. The van der Waals surface area contributed by atoms with Crippen molar-refractivity contribution in [3.63, 3.8) is 0 Å². The summed E-state index contributed by atoms with van der Waals surface area (Å²) in [4.78, 5) is 18.9. The van der Waals surface area contributed by atoms with Gasteiger partial charge in [-0.2, -0.15) is 13.2 Å². The highest BCUT2D eigenvalue weighted by Gasteiger charge is 2.58. The lowest BCUT2D eigenvalue weighted by molar-refractivity contribution is -0.137. The summed E-state index contributed by atoms with van der Waals surface area (Å²) in [6, 6.07) is 2.44. The minimum absolute atomic E-state index is 0.0614. The molecular weight excluding hydrogens is 431 g/mol. The second kappa shape index (κ2) is 7.96. The van der Waals surface area contributed by atoms with E-state index in [1.165, 1.54) is 12.5 Å². The summed E-state index contributed by atoms with van der Waals surface area (Å²) in [6.45, 7) is 2.76. The van der Waals surface area contributed by atoms with Gasteiger partial charge < -0.3 is 20.9 Å². The predicted molar refractivity (Wildman–Crippen MR) is 119 cm³/mol. The fourth-order valence-corrected chi connectivity index (χ4v) is 7.40. The smallest absolute Gasteiger partial charge is 0.365 e. The third-order valence-electron chi connectivity index (χ3n) is 8.23. The van der Waals surface area contributed by atoms with Crippen molar-refractivity contribution in [1.82, 2.24) is 15.2 Å². The molecule has 3 atom stereocenters. The van der Waals surface area contributed by atoms with E-state index in [4.69, 9.17) is 5.41 Å². The van der Waals surface area contributed by atoms with Gasteiger partial charge >= 0.3 is 6.18 Å². The van der Waals surface area contributed by atoms with Crippen molar-refractivity contribution in [2.45, 2.75) is 81.6 Å². The molecule has 33 heavy (non-hydrogen) atoms. The summed E-state index contributed by atoms with van der Waals surface area (Å²) in [5, 5.41) is 15.1. The Balaban J connectivity index is 1.28. The Morgan fingerprint density at radius 1 is 1.21 bits per heavy atom. The van der Waals surface area contributed by atoms with Gasteiger partial charge in [-0.25, -0.2) is 4.98 Å². The predicted octanol–water partition coefficient (Wildman–Crippen LogP) is 4.22. The molecule has 1 aliphatic heterocycles. The van der Waals surface area contributed by atoms with Crippen LogP contribution in [0, 0.1) is 17.2 Å². The fraction of sp³-hybridized carbons (Fsp3) is 0.708. The average molecular weight is 464 g/mol. The van der Waals surface area contributed by atoms with Crippen LogP contribution in [0.2, 0.25) is 0 Å². The number of pyridine rings is 1. The van der Waals surface area contributed by atoms with Gasteiger partial charge in [-0.05, 0) is 82.3 Å². The van der Waals surface area contributed by atoms with Crippen LogP contribution in [-0.2, 0) is 11.0 Å². The first kappa shape index (κ1) is 22.6. The van der Waals surface area contributed by atoms with E-state index in [0.717, 1.165) is 57.2 Å². The number of aromatic nitrogens is 1. The number of hydrogen-bond acceptors (Lipinski definition) is 5. The largest absolute Gasteiger partial charge is 0.417 e. The molecule has 5 aliphatic rings. The molecule has 9 heteroatoms. The van der Waals surface area contributed by atoms with E-state index in [1.54, 1.807) is 6.92 Å². The zero-order valence-corrected chi connectivity index (χ0v) is 19.0. The molecular formula is C24H32F3N5O. The summed E-state index contributed by atoms with van der Waals surface area (Å²) < 4.78 is 38.7. The van der Waals surface area contributed by atoms with Gasteiger partial charge in [0.2, 0.25) is 5.91 Å². The third kappa shape index (κ3) is 4.36. The number of rotatable bonds is 6. The molecule has 1 aromatic heterocycles. The first-order valence-corrected chi connectivity index (χ1v) is 12.0. The lowest BCUT2D eigenvalue weighted by Crippen LogP contribution is -2.67. The molecule has 1 saturated heterocycles. The third-order valence-corrected chi connectivity index (χ3v) is 8.23. The number of halogens is 3. The van der Waals surface area contributed by atoms with Gasteiger partial charge in [0.05, 0.1) is 18.2 Å². The zero-order valence-electron chi connectivity index (χ0n) is 19.0. The summed E-state index contributed by atoms with van der Waals surface area (Å²) in [5.74, 6) is 1.63. The van der Waals surface area contributed by atoms with Gasteiger partial charge in [0, 0.05) is 29.5 Å². The Morgan fingerprint density at radius 2 is 1.91 bits per heavy atom. The molecule has 0 spiro atoms. The van der Waals surface area contributed by atoms with E-state index < -0.39 is 11.7 Å². The van der Waals surface area contributed by atoms with Gasteiger partial charge in [-0.15, -0.1) is 0 Å². The van der Waals surface area contributed by atoms with Crippen LogP contribution < -0.4 is 10.6 Å². The Labute approximate surface area is 192 Å². The SMILES string of the molecule is CC(=N)[C@@H]1CCCN1C(=O)CNC12CC3CC(C1)CC(Nc1ccc(C(F)(F)F)cn1)(C3)C2. The van der Waals surface area contributed by atoms with E-state index in [2.05, 4.69) is 15.6 Å². The van der Waals surface area contributed by atoms with Gasteiger partial charge in [0.15, 0.2) is 0 Å². The molecule has 180 valence electrons. The highest BCUT2D eigenvalue weighted by molar-refractivity contribution is 5.90. The zero-order chi connectivity index (χ0) is 23.4. The van der Waals surface area contributed by atoms with Crippen molar-refractivity contribution in [1.29, 1.82) is 5.41 Å². The number of hydrogen-bond donors (Lipinski definition) is 3. The van der Waals surface area contributed by atoms with Crippen LogP contribution in [0.25, 0.3) is 0 Å². The first-order valence-electron chi connectivity index (χ1n) is 12.0. The summed E-state index contributed by atoms with van der Waals surface area (Å²) >= 11 is 0. The first-order chi connectivity index (χ1) is 15.6. The molecule has 0 aromatic carbocycles. The number of nitrogens with one attached hydrogen (secondary N) is 3. The van der Waals surface area contributed by atoms with E-state index in [0.29, 0.717) is 29.9 Å². The molecule has 5 fully saturated rings.